The van der Waals surface area contributed by atoms with Crippen LogP contribution in [-0.4, -0.2) is 12.1 Å². The van der Waals surface area contributed by atoms with Crippen molar-refractivity contribution in [1.29, 1.82) is 0 Å². The van der Waals surface area contributed by atoms with Crippen LogP contribution in [0.3, 0.4) is 0 Å². The fourth-order valence-corrected chi connectivity index (χ4v) is 2.58. The van der Waals surface area contributed by atoms with Gasteiger partial charge in [0, 0.05) is 34.2 Å². The molecule has 1 aromatic carbocycles. The Morgan fingerprint density at radius 2 is 2.33 bits per heavy atom. The van der Waals surface area contributed by atoms with Crippen molar-refractivity contribution < 1.29 is 4.74 Å². The third kappa shape index (κ3) is 3.02. The van der Waals surface area contributed by atoms with Crippen molar-refractivity contribution in [2.24, 2.45) is 0 Å². The molecule has 5 heteroatoms. The second kappa shape index (κ2) is 6.18. The molecule has 0 aliphatic heterocycles. The van der Waals surface area contributed by atoms with E-state index in [1.807, 2.05) is 29.9 Å². The summed E-state index contributed by atoms with van der Waals surface area (Å²) in [7, 11) is 1.65. The van der Waals surface area contributed by atoms with Gasteiger partial charge in [-0.3, -0.25) is 4.98 Å². The Balaban J connectivity index is 2.06. The van der Waals surface area contributed by atoms with E-state index < -0.39 is 0 Å². The summed E-state index contributed by atoms with van der Waals surface area (Å²) in [5.41, 5.74) is 2.82. The van der Waals surface area contributed by atoms with Crippen LogP contribution in [0.1, 0.15) is 23.4 Å². The third-order valence-corrected chi connectivity index (χ3v) is 4.07. The van der Waals surface area contributed by atoms with Gasteiger partial charge in [0.25, 0.3) is 0 Å². The first kappa shape index (κ1) is 13.3. The molecule has 1 N–H and O–H groups in total. The molecule has 0 bridgehead atoms. The van der Waals surface area contributed by atoms with Gasteiger partial charge in [-0.05, 0) is 19.1 Å². The number of nitrogens with zero attached hydrogens (tertiary/aromatic N) is 1. The molecule has 0 saturated heterocycles. The highest BCUT2D eigenvalue weighted by molar-refractivity contribution is 7.09. The zero-order chi connectivity index (χ0) is 13.0. The van der Waals surface area contributed by atoms with Gasteiger partial charge < -0.3 is 10.1 Å². The third-order valence-electron chi connectivity index (χ3n) is 2.76. The van der Waals surface area contributed by atoms with Gasteiger partial charge >= 0.3 is 0 Å². The number of methoxy groups -OCH3 is 1. The van der Waals surface area contributed by atoms with Gasteiger partial charge in [0.05, 0.1) is 12.6 Å². The van der Waals surface area contributed by atoms with Crippen LogP contribution < -0.4 is 10.1 Å². The molecule has 1 aromatic heterocycles. The van der Waals surface area contributed by atoms with Crippen LogP contribution in [0.15, 0.2) is 29.9 Å². The van der Waals surface area contributed by atoms with Crippen LogP contribution in [0.25, 0.3) is 0 Å². The maximum atomic E-state index is 6.19. The van der Waals surface area contributed by atoms with Crippen LogP contribution in [-0.2, 0) is 6.54 Å². The fourth-order valence-electron chi connectivity index (χ4n) is 1.70. The topological polar surface area (TPSA) is 34.1 Å². The predicted octanol–water partition coefficient (Wildman–Crippen LogP) is 3.66. The van der Waals surface area contributed by atoms with Crippen LogP contribution in [0.4, 0.5) is 0 Å². The van der Waals surface area contributed by atoms with Crippen molar-refractivity contribution in [3.63, 3.8) is 0 Å². The Morgan fingerprint density at radius 3 is 3.00 bits per heavy atom. The van der Waals surface area contributed by atoms with Crippen molar-refractivity contribution in [2.75, 3.05) is 7.11 Å². The number of nitrogens with one attached hydrogen (secondary N) is 1. The molecule has 2 rings (SSSR count). The van der Waals surface area contributed by atoms with Gasteiger partial charge in [0.1, 0.15) is 5.75 Å². The van der Waals surface area contributed by atoms with Crippen LogP contribution >= 0.6 is 22.9 Å². The molecule has 0 aliphatic rings. The lowest BCUT2D eigenvalue weighted by Gasteiger charge is -2.15. The summed E-state index contributed by atoms with van der Waals surface area (Å²) < 4.78 is 5.31. The summed E-state index contributed by atoms with van der Waals surface area (Å²) in [5, 5.41) is 4.14. The normalized spacial score (nSPS) is 12.4. The summed E-state index contributed by atoms with van der Waals surface area (Å²) in [6.07, 6.45) is 1.88. The second-order valence-electron chi connectivity index (χ2n) is 3.93. The minimum absolute atomic E-state index is 0.249. The van der Waals surface area contributed by atoms with Gasteiger partial charge in [-0.2, -0.15) is 0 Å². The Labute approximate surface area is 116 Å². The number of aromatic nitrogens is 1. The molecule has 1 heterocycles. The van der Waals surface area contributed by atoms with Crippen molar-refractivity contribution in [3.05, 3.63) is 45.4 Å². The smallest absolute Gasteiger partial charge is 0.124 e. The van der Waals surface area contributed by atoms with Gasteiger partial charge in [0.15, 0.2) is 0 Å². The lowest BCUT2D eigenvalue weighted by atomic mass is 10.2. The monoisotopic (exact) mass is 282 g/mol. The van der Waals surface area contributed by atoms with E-state index in [9.17, 15) is 0 Å². The maximum absolute atomic E-state index is 6.19. The highest BCUT2D eigenvalue weighted by atomic mass is 35.5. The van der Waals surface area contributed by atoms with Gasteiger partial charge in [-0.15, -0.1) is 11.3 Å². The molecule has 1 unspecified atom stereocenters. The summed E-state index contributed by atoms with van der Waals surface area (Å²) in [6.45, 7) is 2.78. The molecule has 1 atom stereocenters. The first-order valence-electron chi connectivity index (χ1n) is 5.65. The number of halogens is 1. The summed E-state index contributed by atoms with van der Waals surface area (Å²) >= 11 is 7.83. The number of benzene rings is 1. The molecule has 3 nitrogen and oxygen atoms in total. The largest absolute Gasteiger partial charge is 0.496 e. The molecular formula is C13H15ClN2OS. The van der Waals surface area contributed by atoms with Gasteiger partial charge in [0.2, 0.25) is 0 Å². The Bertz CT molecular complexity index is 502. The van der Waals surface area contributed by atoms with Crippen LogP contribution in [0.5, 0.6) is 5.75 Å². The number of hydrogen-bond acceptors (Lipinski definition) is 4. The number of rotatable bonds is 5. The Morgan fingerprint density at radius 1 is 1.50 bits per heavy atom. The van der Waals surface area contributed by atoms with E-state index in [2.05, 4.69) is 17.2 Å². The second-order valence-corrected chi connectivity index (χ2v) is 5.25. The van der Waals surface area contributed by atoms with Crippen LogP contribution in [0, 0.1) is 0 Å². The van der Waals surface area contributed by atoms with Gasteiger partial charge in [-0.1, -0.05) is 17.7 Å². The molecule has 0 aliphatic carbocycles. The highest BCUT2D eigenvalue weighted by Crippen LogP contribution is 2.27. The van der Waals surface area contributed by atoms with Crippen molar-refractivity contribution in [2.45, 2.75) is 19.5 Å². The average molecular weight is 283 g/mol. The van der Waals surface area contributed by atoms with E-state index >= 15 is 0 Å². The molecule has 0 saturated carbocycles. The average Bonchev–Trinajstić information content (AvgIpc) is 2.90. The SMILES string of the molecule is COc1cccc(Cl)c1CNC(C)c1cncs1. The molecule has 18 heavy (non-hydrogen) atoms. The highest BCUT2D eigenvalue weighted by Gasteiger charge is 2.11. The minimum Gasteiger partial charge on any atom is -0.496 e. The minimum atomic E-state index is 0.249. The molecule has 2 aromatic rings. The van der Waals surface area contributed by atoms with E-state index in [0.29, 0.717) is 6.54 Å². The Kier molecular flexibility index (Phi) is 4.58. The predicted molar refractivity (Wildman–Crippen MR) is 75.4 cm³/mol. The molecule has 0 radical (unpaired) electrons. The summed E-state index contributed by atoms with van der Waals surface area (Å²) in [5.74, 6) is 0.812. The number of thiazole rings is 1. The number of ether oxygens (including phenoxy) is 1. The van der Waals surface area contributed by atoms with Gasteiger partial charge in [-0.25, -0.2) is 0 Å². The quantitative estimate of drug-likeness (QED) is 0.909. The van der Waals surface area contributed by atoms with E-state index in [4.69, 9.17) is 16.3 Å². The Hall–Kier alpha value is -1.10. The summed E-state index contributed by atoms with van der Waals surface area (Å²) in [6, 6.07) is 5.93. The van der Waals surface area contributed by atoms with E-state index in [1.54, 1.807) is 18.4 Å². The lowest BCUT2D eigenvalue weighted by Crippen LogP contribution is -2.17. The maximum Gasteiger partial charge on any atom is 0.124 e. The zero-order valence-corrected chi connectivity index (χ0v) is 11.9. The van der Waals surface area contributed by atoms with Crippen molar-refractivity contribution >= 4 is 22.9 Å². The fraction of sp³-hybridized carbons (Fsp3) is 0.308. The number of hydrogen-bond donors (Lipinski definition) is 1. The molecule has 0 spiro atoms. The van der Waals surface area contributed by atoms with Crippen LogP contribution in [0.2, 0.25) is 5.02 Å². The lowest BCUT2D eigenvalue weighted by molar-refractivity contribution is 0.406. The zero-order valence-electron chi connectivity index (χ0n) is 10.3. The first-order valence-corrected chi connectivity index (χ1v) is 6.91. The van der Waals surface area contributed by atoms with E-state index in [0.717, 1.165) is 16.3 Å². The standard InChI is InChI=1S/C13H15ClN2OS/c1-9(13-7-15-8-18-13)16-6-10-11(14)4-3-5-12(10)17-2/h3-5,7-9,16H,6H2,1-2H3. The molecular weight excluding hydrogens is 268 g/mol. The summed E-state index contributed by atoms with van der Waals surface area (Å²) in [4.78, 5) is 5.29. The first-order chi connectivity index (χ1) is 8.72. The van der Waals surface area contributed by atoms with Crippen molar-refractivity contribution in [1.82, 2.24) is 10.3 Å². The van der Waals surface area contributed by atoms with E-state index in [1.165, 1.54) is 4.88 Å². The molecule has 0 amide bonds. The van der Waals surface area contributed by atoms with E-state index in [-0.39, 0.29) is 6.04 Å². The molecule has 0 fully saturated rings. The molecule has 96 valence electrons. The van der Waals surface area contributed by atoms with Crippen molar-refractivity contribution in [3.8, 4) is 5.75 Å².